The SMILES string of the molecule is CC(C(=O)O)c1nc2c([nH]1)CNCC2. The maximum Gasteiger partial charge on any atom is 0.313 e. The van der Waals surface area contributed by atoms with Crippen molar-refractivity contribution in [2.45, 2.75) is 25.8 Å². The van der Waals surface area contributed by atoms with Gasteiger partial charge in [-0.3, -0.25) is 4.79 Å². The Morgan fingerprint density at radius 2 is 2.43 bits per heavy atom. The number of hydrogen-bond donors (Lipinski definition) is 3. The predicted molar refractivity (Wildman–Crippen MR) is 50.0 cm³/mol. The maximum atomic E-state index is 10.7. The fraction of sp³-hybridized carbons (Fsp3) is 0.556. The van der Waals surface area contributed by atoms with Crippen LogP contribution in [0.2, 0.25) is 0 Å². The number of aromatic nitrogens is 2. The van der Waals surface area contributed by atoms with Crippen molar-refractivity contribution < 1.29 is 9.90 Å². The minimum atomic E-state index is -0.843. The summed E-state index contributed by atoms with van der Waals surface area (Å²) in [7, 11) is 0. The Morgan fingerprint density at radius 1 is 1.64 bits per heavy atom. The molecule has 3 N–H and O–H groups in total. The van der Waals surface area contributed by atoms with Gasteiger partial charge in [-0.05, 0) is 6.92 Å². The molecule has 1 aliphatic rings. The van der Waals surface area contributed by atoms with Crippen molar-refractivity contribution in [3.8, 4) is 0 Å². The minimum absolute atomic E-state index is 0.555. The number of carbonyl (C=O) groups is 1. The third-order valence-corrected chi connectivity index (χ3v) is 2.50. The number of imidazole rings is 1. The van der Waals surface area contributed by atoms with Crippen molar-refractivity contribution in [2.75, 3.05) is 6.54 Å². The highest BCUT2D eigenvalue weighted by atomic mass is 16.4. The van der Waals surface area contributed by atoms with Gasteiger partial charge >= 0.3 is 5.97 Å². The predicted octanol–water partition coefficient (Wildman–Crippen LogP) is 0.243. The highest BCUT2D eigenvalue weighted by molar-refractivity contribution is 5.74. The summed E-state index contributed by atoms with van der Waals surface area (Å²) in [4.78, 5) is 18.1. The highest BCUT2D eigenvalue weighted by Crippen LogP contribution is 2.17. The van der Waals surface area contributed by atoms with E-state index in [4.69, 9.17) is 5.11 Å². The number of rotatable bonds is 2. The maximum absolute atomic E-state index is 10.7. The van der Waals surface area contributed by atoms with Crippen LogP contribution in [-0.2, 0) is 17.8 Å². The van der Waals surface area contributed by atoms with Crippen LogP contribution in [0.1, 0.15) is 30.1 Å². The van der Waals surface area contributed by atoms with Gasteiger partial charge in [-0.2, -0.15) is 0 Å². The van der Waals surface area contributed by atoms with Crippen LogP contribution in [-0.4, -0.2) is 27.6 Å². The fourth-order valence-electron chi connectivity index (χ4n) is 1.56. The van der Waals surface area contributed by atoms with Gasteiger partial charge in [0.2, 0.25) is 0 Å². The van der Waals surface area contributed by atoms with Gasteiger partial charge in [0, 0.05) is 19.5 Å². The molecule has 76 valence electrons. The molecule has 2 rings (SSSR count). The van der Waals surface area contributed by atoms with Gasteiger partial charge in [0.1, 0.15) is 11.7 Å². The standard InChI is InChI=1S/C9H13N3O2/c1-5(9(13)14)8-11-6-2-3-10-4-7(6)12-8/h5,10H,2-4H2,1H3,(H,11,12)(H,13,14). The van der Waals surface area contributed by atoms with E-state index in [0.717, 1.165) is 30.9 Å². The first-order valence-electron chi connectivity index (χ1n) is 4.69. The Kier molecular flexibility index (Phi) is 2.25. The van der Waals surface area contributed by atoms with E-state index in [1.807, 2.05) is 0 Å². The molecule has 0 saturated heterocycles. The lowest BCUT2D eigenvalue weighted by molar-refractivity contribution is -0.138. The molecular formula is C9H13N3O2. The molecule has 0 spiro atoms. The second kappa shape index (κ2) is 3.42. The van der Waals surface area contributed by atoms with Crippen LogP contribution in [0.25, 0.3) is 0 Å². The van der Waals surface area contributed by atoms with Gasteiger partial charge in [0.15, 0.2) is 0 Å². The van der Waals surface area contributed by atoms with E-state index in [2.05, 4.69) is 15.3 Å². The lowest BCUT2D eigenvalue weighted by atomic mass is 10.2. The Morgan fingerprint density at radius 3 is 3.07 bits per heavy atom. The summed E-state index contributed by atoms with van der Waals surface area (Å²) >= 11 is 0. The first kappa shape index (κ1) is 9.21. The number of nitrogens with one attached hydrogen (secondary N) is 2. The molecule has 0 aliphatic carbocycles. The Labute approximate surface area is 81.5 Å². The van der Waals surface area contributed by atoms with Crippen LogP contribution in [0.15, 0.2) is 0 Å². The average Bonchev–Trinajstić information content (AvgIpc) is 2.59. The molecule has 5 heteroatoms. The molecule has 14 heavy (non-hydrogen) atoms. The number of aromatic amines is 1. The summed E-state index contributed by atoms with van der Waals surface area (Å²) in [5, 5.41) is 12.0. The van der Waals surface area contributed by atoms with Crippen LogP contribution >= 0.6 is 0 Å². The van der Waals surface area contributed by atoms with E-state index in [1.54, 1.807) is 6.92 Å². The average molecular weight is 195 g/mol. The van der Waals surface area contributed by atoms with Crippen molar-refractivity contribution in [1.82, 2.24) is 15.3 Å². The van der Waals surface area contributed by atoms with E-state index in [1.165, 1.54) is 0 Å². The van der Waals surface area contributed by atoms with E-state index >= 15 is 0 Å². The third-order valence-electron chi connectivity index (χ3n) is 2.50. The Hall–Kier alpha value is -1.36. The number of hydrogen-bond acceptors (Lipinski definition) is 3. The van der Waals surface area contributed by atoms with Crippen LogP contribution < -0.4 is 5.32 Å². The molecule has 2 heterocycles. The molecule has 1 aromatic heterocycles. The third kappa shape index (κ3) is 1.50. The quantitative estimate of drug-likeness (QED) is 0.631. The van der Waals surface area contributed by atoms with Gasteiger partial charge < -0.3 is 15.4 Å². The highest BCUT2D eigenvalue weighted by Gasteiger charge is 2.21. The lowest BCUT2D eigenvalue weighted by Gasteiger charge is -2.09. The van der Waals surface area contributed by atoms with Crippen molar-refractivity contribution in [1.29, 1.82) is 0 Å². The molecule has 1 aliphatic heterocycles. The largest absolute Gasteiger partial charge is 0.481 e. The molecule has 0 aromatic carbocycles. The Bertz CT molecular complexity index is 335. The number of carboxylic acids is 1. The zero-order valence-electron chi connectivity index (χ0n) is 8.00. The van der Waals surface area contributed by atoms with Gasteiger partial charge in [-0.25, -0.2) is 4.98 Å². The molecule has 0 saturated carbocycles. The van der Waals surface area contributed by atoms with Crippen LogP contribution in [0, 0.1) is 0 Å². The molecule has 1 atom stereocenters. The molecule has 0 bridgehead atoms. The number of carboxylic acid groups (broad SMARTS) is 1. The first-order chi connectivity index (χ1) is 6.68. The van der Waals surface area contributed by atoms with E-state index < -0.39 is 11.9 Å². The van der Waals surface area contributed by atoms with Gasteiger partial charge in [-0.1, -0.05) is 0 Å². The van der Waals surface area contributed by atoms with E-state index in [-0.39, 0.29) is 0 Å². The smallest absolute Gasteiger partial charge is 0.313 e. The molecule has 1 unspecified atom stereocenters. The van der Waals surface area contributed by atoms with E-state index in [9.17, 15) is 4.79 Å². The minimum Gasteiger partial charge on any atom is -0.481 e. The summed E-state index contributed by atoms with van der Waals surface area (Å²) in [6, 6.07) is 0. The topological polar surface area (TPSA) is 78.0 Å². The summed E-state index contributed by atoms with van der Waals surface area (Å²) < 4.78 is 0. The number of nitrogens with zero attached hydrogens (tertiary/aromatic N) is 1. The first-order valence-corrected chi connectivity index (χ1v) is 4.69. The lowest BCUT2D eigenvalue weighted by Crippen LogP contribution is -2.23. The van der Waals surface area contributed by atoms with Crippen molar-refractivity contribution >= 4 is 5.97 Å². The zero-order valence-corrected chi connectivity index (χ0v) is 8.00. The van der Waals surface area contributed by atoms with Gasteiger partial charge in [0.05, 0.1) is 11.4 Å². The fourth-order valence-corrected chi connectivity index (χ4v) is 1.56. The van der Waals surface area contributed by atoms with Crippen molar-refractivity contribution in [2.24, 2.45) is 0 Å². The van der Waals surface area contributed by atoms with Crippen LogP contribution in [0.4, 0.5) is 0 Å². The Balaban J connectivity index is 2.28. The van der Waals surface area contributed by atoms with Crippen molar-refractivity contribution in [3.63, 3.8) is 0 Å². The molecule has 0 radical (unpaired) electrons. The number of H-pyrrole nitrogens is 1. The zero-order chi connectivity index (χ0) is 10.1. The summed E-state index contributed by atoms with van der Waals surface area (Å²) in [6.07, 6.45) is 0.873. The second-order valence-corrected chi connectivity index (χ2v) is 3.53. The number of fused-ring (bicyclic) bond motifs is 1. The van der Waals surface area contributed by atoms with Gasteiger partial charge in [0.25, 0.3) is 0 Å². The van der Waals surface area contributed by atoms with E-state index in [0.29, 0.717) is 5.82 Å². The molecule has 5 nitrogen and oxygen atoms in total. The molecule has 1 aromatic rings. The monoisotopic (exact) mass is 195 g/mol. The van der Waals surface area contributed by atoms with Gasteiger partial charge in [-0.15, -0.1) is 0 Å². The van der Waals surface area contributed by atoms with Crippen molar-refractivity contribution in [3.05, 3.63) is 17.2 Å². The summed E-state index contributed by atoms with van der Waals surface area (Å²) in [6.45, 7) is 3.31. The van der Waals surface area contributed by atoms with Crippen LogP contribution in [0.5, 0.6) is 0 Å². The normalized spacial score (nSPS) is 17.5. The van der Waals surface area contributed by atoms with Crippen LogP contribution in [0.3, 0.4) is 0 Å². The molecular weight excluding hydrogens is 182 g/mol. The summed E-state index contributed by atoms with van der Waals surface area (Å²) in [5.41, 5.74) is 2.03. The second-order valence-electron chi connectivity index (χ2n) is 3.53. The number of aliphatic carboxylic acids is 1. The molecule has 0 amide bonds. The molecule has 0 fully saturated rings. The summed E-state index contributed by atoms with van der Waals surface area (Å²) in [5.74, 6) is -0.837.